The molecule has 1 aliphatic rings. The van der Waals surface area contributed by atoms with Gasteiger partial charge in [0.05, 0.1) is 6.54 Å². The van der Waals surface area contributed by atoms with Crippen LogP contribution in [0.5, 0.6) is 5.88 Å². The minimum atomic E-state index is -0.124. The van der Waals surface area contributed by atoms with Crippen molar-refractivity contribution < 1.29 is 13.9 Å². The zero-order chi connectivity index (χ0) is 13.9. The molecule has 0 N–H and O–H groups in total. The number of rotatable bonds is 3. The second-order valence-electron chi connectivity index (χ2n) is 4.45. The quantitative estimate of drug-likeness (QED) is 0.858. The fraction of sp³-hybridized carbons (Fsp3) is 0.308. The second kappa shape index (κ2) is 5.62. The normalized spacial score (nSPS) is 18.2. The maximum Gasteiger partial charge on any atom is 0.289 e. The van der Waals surface area contributed by atoms with E-state index in [1.807, 2.05) is 0 Å². The summed E-state index contributed by atoms with van der Waals surface area (Å²) >= 11 is 3.19. The molecule has 20 heavy (non-hydrogen) atoms. The molecule has 2 aromatic rings. The Labute approximate surface area is 123 Å². The maximum absolute atomic E-state index is 12.2. The van der Waals surface area contributed by atoms with Crippen LogP contribution in [0.1, 0.15) is 17.0 Å². The van der Waals surface area contributed by atoms with Crippen molar-refractivity contribution in [1.29, 1.82) is 0 Å². The standard InChI is InChI=1S/C13H12BrN3O3/c14-11-4-3-10(20-11)13(18)17-7-5-9(8-17)19-12-2-1-6-15-16-12/h1-4,6,9H,5,7-8H2/t9-/m0/s1. The summed E-state index contributed by atoms with van der Waals surface area (Å²) in [5, 5.41) is 7.63. The van der Waals surface area contributed by atoms with Gasteiger partial charge in [-0.2, -0.15) is 5.10 Å². The molecule has 1 aliphatic heterocycles. The van der Waals surface area contributed by atoms with Crippen molar-refractivity contribution in [3.05, 3.63) is 40.9 Å². The Morgan fingerprint density at radius 2 is 2.35 bits per heavy atom. The highest BCUT2D eigenvalue weighted by molar-refractivity contribution is 9.10. The van der Waals surface area contributed by atoms with Crippen LogP contribution < -0.4 is 4.74 Å². The van der Waals surface area contributed by atoms with Gasteiger partial charge < -0.3 is 14.1 Å². The number of furan rings is 1. The van der Waals surface area contributed by atoms with Crippen LogP contribution in [0.2, 0.25) is 0 Å². The number of hydrogen-bond acceptors (Lipinski definition) is 5. The third-order valence-electron chi connectivity index (χ3n) is 3.05. The van der Waals surface area contributed by atoms with Crippen LogP contribution in [-0.4, -0.2) is 40.2 Å². The predicted octanol–water partition coefficient (Wildman–Crippen LogP) is 2.13. The molecule has 0 unspecified atom stereocenters. The molecule has 0 bridgehead atoms. The van der Waals surface area contributed by atoms with Crippen molar-refractivity contribution in [2.24, 2.45) is 0 Å². The Morgan fingerprint density at radius 1 is 1.45 bits per heavy atom. The van der Waals surface area contributed by atoms with Crippen LogP contribution in [0.4, 0.5) is 0 Å². The summed E-state index contributed by atoms with van der Waals surface area (Å²) in [4.78, 5) is 13.9. The summed E-state index contributed by atoms with van der Waals surface area (Å²) < 4.78 is 11.5. The average molecular weight is 338 g/mol. The third-order valence-corrected chi connectivity index (χ3v) is 3.48. The monoisotopic (exact) mass is 337 g/mol. The van der Waals surface area contributed by atoms with Crippen molar-refractivity contribution in [2.75, 3.05) is 13.1 Å². The molecule has 7 heteroatoms. The Balaban J connectivity index is 1.61. The van der Waals surface area contributed by atoms with Gasteiger partial charge in [-0.3, -0.25) is 4.79 Å². The van der Waals surface area contributed by atoms with Gasteiger partial charge in [-0.25, -0.2) is 0 Å². The molecular weight excluding hydrogens is 326 g/mol. The first-order chi connectivity index (χ1) is 9.72. The van der Waals surface area contributed by atoms with Crippen LogP contribution in [0.25, 0.3) is 0 Å². The molecule has 104 valence electrons. The molecule has 6 nitrogen and oxygen atoms in total. The molecule has 1 atom stereocenters. The number of halogens is 1. The summed E-state index contributed by atoms with van der Waals surface area (Å²) in [6.07, 6.45) is 2.30. The van der Waals surface area contributed by atoms with Crippen LogP contribution in [0, 0.1) is 0 Å². The molecule has 3 heterocycles. The van der Waals surface area contributed by atoms with E-state index in [4.69, 9.17) is 9.15 Å². The van der Waals surface area contributed by atoms with Crippen LogP contribution in [0.3, 0.4) is 0 Å². The molecule has 1 fully saturated rings. The Bertz CT molecular complexity index is 602. The molecule has 3 rings (SSSR count). The molecule has 0 aliphatic carbocycles. The molecule has 1 saturated heterocycles. The molecule has 0 radical (unpaired) electrons. The van der Waals surface area contributed by atoms with Gasteiger partial charge >= 0.3 is 0 Å². The number of likely N-dealkylation sites (tertiary alicyclic amines) is 1. The molecule has 0 saturated carbocycles. The van der Waals surface area contributed by atoms with Crippen molar-refractivity contribution >= 4 is 21.8 Å². The number of carbonyl (C=O) groups excluding carboxylic acids is 1. The summed E-state index contributed by atoms with van der Waals surface area (Å²) in [5.74, 6) is 0.686. The summed E-state index contributed by atoms with van der Waals surface area (Å²) in [7, 11) is 0. The molecule has 2 aromatic heterocycles. The fourth-order valence-electron chi connectivity index (χ4n) is 2.11. The van der Waals surface area contributed by atoms with E-state index in [0.29, 0.717) is 29.4 Å². The van der Waals surface area contributed by atoms with Crippen molar-refractivity contribution in [3.63, 3.8) is 0 Å². The van der Waals surface area contributed by atoms with Gasteiger partial charge in [-0.05, 0) is 34.1 Å². The third kappa shape index (κ3) is 2.82. The van der Waals surface area contributed by atoms with Crippen molar-refractivity contribution in [1.82, 2.24) is 15.1 Å². The minimum absolute atomic E-state index is 0.0611. The zero-order valence-corrected chi connectivity index (χ0v) is 12.1. The van der Waals surface area contributed by atoms with E-state index in [9.17, 15) is 4.79 Å². The summed E-state index contributed by atoms with van der Waals surface area (Å²) in [5.41, 5.74) is 0. The highest BCUT2D eigenvalue weighted by Gasteiger charge is 2.29. The largest absolute Gasteiger partial charge is 0.471 e. The fourth-order valence-corrected chi connectivity index (χ4v) is 2.42. The van der Waals surface area contributed by atoms with Gasteiger partial charge in [0.2, 0.25) is 5.88 Å². The SMILES string of the molecule is O=C(c1ccc(Br)o1)N1CC[C@H](Oc2cccnn2)C1. The van der Waals surface area contributed by atoms with E-state index >= 15 is 0 Å². The smallest absolute Gasteiger partial charge is 0.289 e. The number of carbonyl (C=O) groups is 1. The lowest BCUT2D eigenvalue weighted by atomic mass is 10.3. The van der Waals surface area contributed by atoms with Gasteiger partial charge in [0.15, 0.2) is 10.4 Å². The minimum Gasteiger partial charge on any atom is -0.471 e. The lowest BCUT2D eigenvalue weighted by Crippen LogP contribution is -2.30. The summed E-state index contributed by atoms with van der Waals surface area (Å²) in [6.45, 7) is 1.16. The van der Waals surface area contributed by atoms with Gasteiger partial charge in [0.25, 0.3) is 5.91 Å². The lowest BCUT2D eigenvalue weighted by molar-refractivity contribution is 0.0738. The Morgan fingerprint density at radius 3 is 3.05 bits per heavy atom. The highest BCUT2D eigenvalue weighted by Crippen LogP contribution is 2.20. The number of hydrogen-bond donors (Lipinski definition) is 0. The lowest BCUT2D eigenvalue weighted by Gasteiger charge is -2.15. The van der Waals surface area contributed by atoms with Crippen molar-refractivity contribution in [2.45, 2.75) is 12.5 Å². The molecule has 0 aromatic carbocycles. The van der Waals surface area contributed by atoms with Gasteiger partial charge in [-0.1, -0.05) is 0 Å². The first-order valence-corrected chi connectivity index (χ1v) is 7.00. The topological polar surface area (TPSA) is 68.5 Å². The zero-order valence-electron chi connectivity index (χ0n) is 10.5. The second-order valence-corrected chi connectivity index (χ2v) is 5.23. The van der Waals surface area contributed by atoms with E-state index in [1.165, 1.54) is 0 Å². The van der Waals surface area contributed by atoms with Gasteiger partial charge in [-0.15, -0.1) is 5.10 Å². The molecule has 0 spiro atoms. The van der Waals surface area contributed by atoms with E-state index in [-0.39, 0.29) is 12.0 Å². The van der Waals surface area contributed by atoms with Crippen LogP contribution >= 0.6 is 15.9 Å². The highest BCUT2D eigenvalue weighted by atomic mass is 79.9. The number of nitrogens with zero attached hydrogens (tertiary/aromatic N) is 3. The Hall–Kier alpha value is -1.89. The first-order valence-electron chi connectivity index (χ1n) is 6.21. The molecule has 1 amide bonds. The summed E-state index contributed by atoms with van der Waals surface area (Å²) in [6, 6.07) is 6.88. The van der Waals surface area contributed by atoms with E-state index in [0.717, 1.165) is 6.42 Å². The van der Waals surface area contributed by atoms with Crippen LogP contribution in [0.15, 0.2) is 39.5 Å². The van der Waals surface area contributed by atoms with E-state index < -0.39 is 0 Å². The maximum atomic E-state index is 12.2. The van der Waals surface area contributed by atoms with Gasteiger partial charge in [0.1, 0.15) is 6.10 Å². The van der Waals surface area contributed by atoms with Crippen molar-refractivity contribution in [3.8, 4) is 5.88 Å². The average Bonchev–Trinajstić information content (AvgIpc) is 3.08. The van der Waals surface area contributed by atoms with E-state index in [2.05, 4.69) is 26.1 Å². The van der Waals surface area contributed by atoms with Gasteiger partial charge in [0, 0.05) is 25.2 Å². The number of ether oxygens (including phenoxy) is 1. The van der Waals surface area contributed by atoms with Crippen LogP contribution in [-0.2, 0) is 0 Å². The Kier molecular flexibility index (Phi) is 3.68. The number of aromatic nitrogens is 2. The number of amides is 1. The van der Waals surface area contributed by atoms with E-state index in [1.54, 1.807) is 35.4 Å². The predicted molar refractivity (Wildman–Crippen MR) is 73.4 cm³/mol. The molecular formula is C13H12BrN3O3. The first kappa shape index (κ1) is 13.1.